The third-order valence-corrected chi connectivity index (χ3v) is 3.95. The summed E-state index contributed by atoms with van der Waals surface area (Å²) in [5.41, 5.74) is 1.54. The van der Waals surface area contributed by atoms with Crippen LogP contribution in [0.2, 0.25) is 0 Å². The Kier molecular flexibility index (Phi) is 4.41. The number of benzene rings is 1. The molecule has 0 saturated carbocycles. The Morgan fingerprint density at radius 2 is 1.79 bits per heavy atom. The number of rotatable bonds is 6. The number of aromatic amines is 1. The molecule has 1 aromatic carbocycles. The third-order valence-electron chi connectivity index (χ3n) is 3.95. The lowest BCUT2D eigenvalue weighted by molar-refractivity contribution is -0.111. The number of ether oxygens (including phenoxy) is 4. The number of aromatic nitrogens is 3. The number of hydrogen-bond donors (Lipinski definition) is 1. The Hall–Kier alpha value is -2.58. The summed E-state index contributed by atoms with van der Waals surface area (Å²) < 4.78 is 22.3. The van der Waals surface area contributed by atoms with Crippen LogP contribution in [0.5, 0.6) is 11.5 Å². The van der Waals surface area contributed by atoms with E-state index in [0.29, 0.717) is 22.5 Å². The number of fused-ring (bicyclic) bond motifs is 3. The van der Waals surface area contributed by atoms with Gasteiger partial charge in [-0.05, 0) is 6.07 Å². The van der Waals surface area contributed by atoms with Crippen LogP contribution >= 0.6 is 0 Å². The number of hydrogen-bond acceptors (Lipinski definition) is 6. The van der Waals surface area contributed by atoms with Crippen LogP contribution in [-0.2, 0) is 16.0 Å². The van der Waals surface area contributed by atoms with Crippen molar-refractivity contribution in [1.29, 1.82) is 0 Å². The van der Waals surface area contributed by atoms with E-state index >= 15 is 0 Å². The molecular weight excluding hydrogens is 314 g/mol. The first-order valence-electron chi connectivity index (χ1n) is 7.31. The highest BCUT2D eigenvalue weighted by molar-refractivity contribution is 6.05. The predicted molar refractivity (Wildman–Crippen MR) is 88.8 cm³/mol. The second-order valence-corrected chi connectivity index (χ2v) is 5.20. The third kappa shape index (κ3) is 2.59. The Balaban J connectivity index is 2.18. The summed E-state index contributed by atoms with van der Waals surface area (Å²) in [6.07, 6.45) is 0.964. The molecule has 0 bridgehead atoms. The van der Waals surface area contributed by atoms with Crippen molar-refractivity contribution in [3.63, 3.8) is 0 Å². The lowest BCUT2D eigenvalue weighted by atomic mass is 10.2. The summed E-state index contributed by atoms with van der Waals surface area (Å²) in [4.78, 5) is 20.2. The van der Waals surface area contributed by atoms with Crippen LogP contribution in [0.15, 0.2) is 23.3 Å². The maximum absolute atomic E-state index is 12.7. The average molecular weight is 333 g/mol. The van der Waals surface area contributed by atoms with Gasteiger partial charge in [-0.1, -0.05) is 0 Å². The van der Waals surface area contributed by atoms with Gasteiger partial charge in [0, 0.05) is 25.7 Å². The maximum Gasteiger partial charge on any atom is 0.277 e. The number of H-pyrrole nitrogens is 1. The molecule has 0 aliphatic rings. The summed E-state index contributed by atoms with van der Waals surface area (Å²) in [6, 6.07) is 3.59. The Morgan fingerprint density at radius 3 is 2.42 bits per heavy atom. The van der Waals surface area contributed by atoms with Crippen molar-refractivity contribution in [1.82, 2.24) is 14.5 Å². The first-order chi connectivity index (χ1) is 11.6. The molecular formula is C16H19N3O5. The van der Waals surface area contributed by atoms with Gasteiger partial charge in [0.25, 0.3) is 5.56 Å². The zero-order chi connectivity index (χ0) is 17.3. The molecule has 1 N–H and O–H groups in total. The Labute approximate surface area is 137 Å². The Bertz CT molecular complexity index is 927. The highest BCUT2D eigenvalue weighted by atomic mass is 16.7. The van der Waals surface area contributed by atoms with E-state index in [1.807, 2.05) is 0 Å². The fourth-order valence-corrected chi connectivity index (χ4v) is 2.66. The van der Waals surface area contributed by atoms with Crippen LogP contribution in [0.25, 0.3) is 21.9 Å². The van der Waals surface area contributed by atoms with Gasteiger partial charge in [0.1, 0.15) is 11.0 Å². The zero-order valence-electron chi connectivity index (χ0n) is 14.0. The molecule has 0 aliphatic carbocycles. The summed E-state index contributed by atoms with van der Waals surface area (Å²) in [6.45, 7) is 0.247. The summed E-state index contributed by atoms with van der Waals surface area (Å²) in [5, 5.41) is 0.793. The second kappa shape index (κ2) is 6.50. The highest BCUT2D eigenvalue weighted by Gasteiger charge is 2.16. The summed E-state index contributed by atoms with van der Waals surface area (Å²) in [5.74, 6) is 1.16. The van der Waals surface area contributed by atoms with E-state index in [2.05, 4.69) is 9.97 Å². The first kappa shape index (κ1) is 16.3. The molecule has 8 heteroatoms. The molecule has 0 amide bonds. The van der Waals surface area contributed by atoms with Gasteiger partial charge < -0.3 is 23.9 Å². The minimum Gasteiger partial charge on any atom is -0.493 e. The lowest BCUT2D eigenvalue weighted by Crippen LogP contribution is -2.29. The highest BCUT2D eigenvalue weighted by Crippen LogP contribution is 2.34. The van der Waals surface area contributed by atoms with E-state index in [1.54, 1.807) is 26.4 Å². The van der Waals surface area contributed by atoms with Crippen LogP contribution in [0.3, 0.4) is 0 Å². The SMILES string of the molecule is COc1cc2[nH]c3c(=O)n(CC(OC)OC)cnc3c2cc1OC. The van der Waals surface area contributed by atoms with Gasteiger partial charge >= 0.3 is 0 Å². The van der Waals surface area contributed by atoms with Crippen molar-refractivity contribution in [2.75, 3.05) is 28.4 Å². The minimum atomic E-state index is -0.522. The fraction of sp³-hybridized carbons (Fsp3) is 0.375. The van der Waals surface area contributed by atoms with Gasteiger partial charge in [-0.3, -0.25) is 9.36 Å². The molecule has 128 valence electrons. The van der Waals surface area contributed by atoms with Gasteiger partial charge in [0.05, 0.1) is 32.6 Å². The quantitative estimate of drug-likeness (QED) is 0.688. The van der Waals surface area contributed by atoms with Crippen LogP contribution in [-0.4, -0.2) is 49.3 Å². The van der Waals surface area contributed by atoms with Gasteiger partial charge in [0.15, 0.2) is 17.8 Å². The van der Waals surface area contributed by atoms with Crippen molar-refractivity contribution in [3.05, 3.63) is 28.8 Å². The summed E-state index contributed by atoms with van der Waals surface area (Å²) >= 11 is 0. The van der Waals surface area contributed by atoms with E-state index in [0.717, 1.165) is 10.9 Å². The van der Waals surface area contributed by atoms with Crippen molar-refractivity contribution in [3.8, 4) is 11.5 Å². The van der Waals surface area contributed by atoms with E-state index in [1.165, 1.54) is 25.1 Å². The van der Waals surface area contributed by atoms with Gasteiger partial charge in [-0.15, -0.1) is 0 Å². The Morgan fingerprint density at radius 1 is 1.12 bits per heavy atom. The van der Waals surface area contributed by atoms with E-state index in [-0.39, 0.29) is 12.1 Å². The molecule has 8 nitrogen and oxygen atoms in total. The fourth-order valence-electron chi connectivity index (χ4n) is 2.66. The molecule has 24 heavy (non-hydrogen) atoms. The monoisotopic (exact) mass is 333 g/mol. The predicted octanol–water partition coefficient (Wildman–Crippen LogP) is 1.51. The molecule has 3 rings (SSSR count). The van der Waals surface area contributed by atoms with Crippen LogP contribution in [0, 0.1) is 0 Å². The smallest absolute Gasteiger partial charge is 0.277 e. The molecule has 0 spiro atoms. The van der Waals surface area contributed by atoms with E-state index < -0.39 is 6.29 Å². The van der Waals surface area contributed by atoms with Crippen LogP contribution in [0.1, 0.15) is 0 Å². The topological polar surface area (TPSA) is 87.6 Å². The molecule has 2 heterocycles. The molecule has 0 fully saturated rings. The molecule has 0 aliphatic heterocycles. The molecule has 0 saturated heterocycles. The van der Waals surface area contributed by atoms with Gasteiger partial charge in [0.2, 0.25) is 0 Å². The van der Waals surface area contributed by atoms with E-state index in [4.69, 9.17) is 18.9 Å². The van der Waals surface area contributed by atoms with Crippen molar-refractivity contribution < 1.29 is 18.9 Å². The van der Waals surface area contributed by atoms with Crippen molar-refractivity contribution in [2.24, 2.45) is 0 Å². The molecule has 0 radical (unpaired) electrons. The molecule has 3 aromatic rings. The first-order valence-corrected chi connectivity index (χ1v) is 7.31. The molecule has 0 unspecified atom stereocenters. The number of nitrogens with one attached hydrogen (secondary N) is 1. The second-order valence-electron chi connectivity index (χ2n) is 5.20. The molecule has 0 atom stereocenters. The minimum absolute atomic E-state index is 0.201. The van der Waals surface area contributed by atoms with Crippen LogP contribution in [0.4, 0.5) is 0 Å². The maximum atomic E-state index is 12.7. The lowest BCUT2D eigenvalue weighted by Gasteiger charge is -2.14. The standard InChI is InChI=1S/C16H19N3O5/c1-21-11-5-9-10(6-12(11)22-2)18-15-14(9)17-8-19(16(15)20)7-13(23-3)24-4/h5-6,8,13,18H,7H2,1-4H3. The number of nitrogens with zero attached hydrogens (tertiary/aromatic N) is 2. The van der Waals surface area contributed by atoms with E-state index in [9.17, 15) is 4.79 Å². The van der Waals surface area contributed by atoms with Crippen molar-refractivity contribution in [2.45, 2.75) is 12.8 Å². The van der Waals surface area contributed by atoms with Crippen LogP contribution < -0.4 is 15.0 Å². The largest absolute Gasteiger partial charge is 0.493 e. The summed E-state index contributed by atoms with van der Waals surface area (Å²) in [7, 11) is 6.17. The van der Waals surface area contributed by atoms with Gasteiger partial charge in [-0.25, -0.2) is 4.98 Å². The van der Waals surface area contributed by atoms with Crippen molar-refractivity contribution >= 4 is 21.9 Å². The normalized spacial score (nSPS) is 11.5. The van der Waals surface area contributed by atoms with Gasteiger partial charge in [-0.2, -0.15) is 0 Å². The number of methoxy groups -OCH3 is 4. The average Bonchev–Trinajstić information content (AvgIpc) is 2.98. The molecule has 2 aromatic heterocycles. The zero-order valence-corrected chi connectivity index (χ0v) is 14.0.